The molecule has 1 heterocycles. The lowest BCUT2D eigenvalue weighted by atomic mass is 9.93. The molecular formula is C9H16N2O2. The summed E-state index contributed by atoms with van der Waals surface area (Å²) in [5.74, 6) is 0.719. The van der Waals surface area contributed by atoms with E-state index in [4.69, 9.17) is 10.2 Å². The molecule has 1 aromatic heterocycles. The zero-order valence-electron chi connectivity index (χ0n) is 8.29. The van der Waals surface area contributed by atoms with Crippen molar-refractivity contribution in [2.45, 2.75) is 39.2 Å². The van der Waals surface area contributed by atoms with Gasteiger partial charge in [-0.3, -0.25) is 0 Å². The Balaban J connectivity index is 3.11. The van der Waals surface area contributed by atoms with E-state index in [1.165, 1.54) is 0 Å². The molecule has 0 fully saturated rings. The third-order valence-electron chi connectivity index (χ3n) is 2.37. The highest BCUT2D eigenvalue weighted by Crippen LogP contribution is 2.31. The van der Waals surface area contributed by atoms with Gasteiger partial charge in [-0.05, 0) is 12.8 Å². The molecule has 0 aliphatic carbocycles. The highest BCUT2D eigenvalue weighted by molar-refractivity contribution is 5.35. The van der Waals surface area contributed by atoms with Crippen LogP contribution in [0.4, 0.5) is 5.88 Å². The topological polar surface area (TPSA) is 72.3 Å². The number of aryl methyl sites for hydroxylation is 1. The zero-order chi connectivity index (χ0) is 10.1. The van der Waals surface area contributed by atoms with Crippen LogP contribution in [0, 0.1) is 6.92 Å². The number of aromatic nitrogens is 1. The van der Waals surface area contributed by atoms with Gasteiger partial charge >= 0.3 is 0 Å². The van der Waals surface area contributed by atoms with Crippen molar-refractivity contribution in [2.24, 2.45) is 0 Å². The Labute approximate surface area is 77.8 Å². The molecule has 0 unspecified atom stereocenters. The monoisotopic (exact) mass is 184 g/mol. The molecule has 1 rings (SSSR count). The van der Waals surface area contributed by atoms with Crippen LogP contribution in [-0.4, -0.2) is 10.1 Å². The molecule has 3 N–H and O–H groups in total. The van der Waals surface area contributed by atoms with Gasteiger partial charge < -0.3 is 15.3 Å². The number of oxazole rings is 1. The molecule has 0 saturated carbocycles. The van der Waals surface area contributed by atoms with Gasteiger partial charge in [0, 0.05) is 6.92 Å². The van der Waals surface area contributed by atoms with Crippen molar-refractivity contribution in [3.05, 3.63) is 11.6 Å². The Kier molecular flexibility index (Phi) is 2.61. The van der Waals surface area contributed by atoms with E-state index in [2.05, 4.69) is 4.98 Å². The summed E-state index contributed by atoms with van der Waals surface area (Å²) < 4.78 is 5.07. The number of aliphatic hydroxyl groups is 1. The van der Waals surface area contributed by atoms with Gasteiger partial charge in [-0.2, -0.15) is 0 Å². The molecule has 0 aliphatic rings. The molecule has 0 aromatic carbocycles. The van der Waals surface area contributed by atoms with Gasteiger partial charge in [0.25, 0.3) is 0 Å². The minimum absolute atomic E-state index is 0.226. The predicted octanol–water partition coefficient (Wildman–Crippen LogP) is 1.57. The second-order valence-electron chi connectivity index (χ2n) is 3.18. The summed E-state index contributed by atoms with van der Waals surface area (Å²) in [5.41, 5.74) is 5.11. The van der Waals surface area contributed by atoms with Crippen molar-refractivity contribution in [1.82, 2.24) is 4.98 Å². The van der Waals surface area contributed by atoms with E-state index in [-0.39, 0.29) is 5.88 Å². The van der Waals surface area contributed by atoms with Gasteiger partial charge in [0.2, 0.25) is 5.88 Å². The van der Waals surface area contributed by atoms with E-state index >= 15 is 0 Å². The molecular weight excluding hydrogens is 168 g/mol. The lowest BCUT2D eigenvalue weighted by molar-refractivity contribution is 0.0248. The van der Waals surface area contributed by atoms with Crippen LogP contribution in [0.15, 0.2) is 4.42 Å². The van der Waals surface area contributed by atoms with Crippen molar-refractivity contribution in [3.8, 4) is 0 Å². The van der Waals surface area contributed by atoms with Crippen LogP contribution in [0.5, 0.6) is 0 Å². The fraction of sp³-hybridized carbons (Fsp3) is 0.667. The summed E-state index contributed by atoms with van der Waals surface area (Å²) >= 11 is 0. The molecule has 1 aromatic rings. The second kappa shape index (κ2) is 3.38. The van der Waals surface area contributed by atoms with Crippen LogP contribution >= 0.6 is 0 Å². The van der Waals surface area contributed by atoms with Gasteiger partial charge in [-0.1, -0.05) is 13.8 Å². The maximum atomic E-state index is 10.1. The highest BCUT2D eigenvalue weighted by atomic mass is 16.4. The molecule has 0 aliphatic heterocycles. The van der Waals surface area contributed by atoms with E-state index in [0.717, 1.165) is 0 Å². The minimum atomic E-state index is -0.943. The molecule has 4 heteroatoms. The van der Waals surface area contributed by atoms with Crippen LogP contribution in [0.2, 0.25) is 0 Å². The van der Waals surface area contributed by atoms with E-state index in [0.29, 0.717) is 24.4 Å². The second-order valence-corrected chi connectivity index (χ2v) is 3.18. The number of nitrogens with zero attached hydrogens (tertiary/aromatic N) is 1. The maximum Gasteiger partial charge on any atom is 0.217 e. The van der Waals surface area contributed by atoms with Gasteiger partial charge in [-0.25, -0.2) is 4.98 Å². The molecule has 0 amide bonds. The fourth-order valence-corrected chi connectivity index (χ4v) is 1.36. The molecule has 0 radical (unpaired) electrons. The minimum Gasteiger partial charge on any atom is -0.425 e. The van der Waals surface area contributed by atoms with Crippen LogP contribution < -0.4 is 5.73 Å². The van der Waals surface area contributed by atoms with Crippen molar-refractivity contribution < 1.29 is 9.52 Å². The fourth-order valence-electron chi connectivity index (χ4n) is 1.36. The Morgan fingerprint density at radius 1 is 1.46 bits per heavy atom. The van der Waals surface area contributed by atoms with Crippen LogP contribution in [-0.2, 0) is 5.60 Å². The van der Waals surface area contributed by atoms with Crippen LogP contribution in [0.3, 0.4) is 0 Å². The van der Waals surface area contributed by atoms with Crippen molar-refractivity contribution in [1.29, 1.82) is 0 Å². The normalized spacial score (nSPS) is 12.0. The molecule has 13 heavy (non-hydrogen) atoms. The quantitative estimate of drug-likeness (QED) is 0.748. The van der Waals surface area contributed by atoms with E-state index in [1.54, 1.807) is 6.92 Å². The van der Waals surface area contributed by atoms with Crippen LogP contribution in [0.1, 0.15) is 38.3 Å². The zero-order valence-corrected chi connectivity index (χ0v) is 8.29. The number of nitrogen functional groups attached to an aromatic ring is 1. The maximum absolute atomic E-state index is 10.1. The first-order valence-electron chi connectivity index (χ1n) is 4.49. The number of nitrogens with two attached hydrogens (primary N) is 1. The summed E-state index contributed by atoms with van der Waals surface area (Å²) in [6, 6.07) is 0. The average Bonchev–Trinajstić information content (AvgIpc) is 2.44. The molecule has 0 saturated heterocycles. The molecule has 0 atom stereocenters. The highest BCUT2D eigenvalue weighted by Gasteiger charge is 2.31. The summed E-state index contributed by atoms with van der Waals surface area (Å²) in [5, 5.41) is 10.1. The first kappa shape index (κ1) is 10.1. The van der Waals surface area contributed by atoms with E-state index in [1.807, 2.05) is 13.8 Å². The first-order valence-corrected chi connectivity index (χ1v) is 4.49. The third-order valence-corrected chi connectivity index (χ3v) is 2.37. The van der Waals surface area contributed by atoms with Gasteiger partial charge in [0.05, 0.1) is 0 Å². The van der Waals surface area contributed by atoms with Gasteiger partial charge in [0.15, 0.2) is 5.89 Å². The van der Waals surface area contributed by atoms with E-state index < -0.39 is 5.60 Å². The van der Waals surface area contributed by atoms with Crippen molar-refractivity contribution in [2.75, 3.05) is 5.73 Å². The van der Waals surface area contributed by atoms with E-state index in [9.17, 15) is 5.11 Å². The lowest BCUT2D eigenvalue weighted by Crippen LogP contribution is -2.25. The van der Waals surface area contributed by atoms with Crippen LogP contribution in [0.25, 0.3) is 0 Å². The van der Waals surface area contributed by atoms with Gasteiger partial charge in [-0.15, -0.1) is 0 Å². The third kappa shape index (κ3) is 1.67. The Hall–Kier alpha value is -1.03. The Bertz CT molecular complexity index is 290. The summed E-state index contributed by atoms with van der Waals surface area (Å²) in [6.07, 6.45) is 1.17. The largest absolute Gasteiger partial charge is 0.425 e. The number of rotatable bonds is 3. The van der Waals surface area contributed by atoms with Crippen molar-refractivity contribution in [3.63, 3.8) is 0 Å². The predicted molar refractivity (Wildman–Crippen MR) is 50.1 cm³/mol. The number of hydrogen-bond donors (Lipinski definition) is 2. The molecule has 0 bridgehead atoms. The van der Waals surface area contributed by atoms with Gasteiger partial charge in [0.1, 0.15) is 11.3 Å². The molecule has 4 nitrogen and oxygen atoms in total. The smallest absolute Gasteiger partial charge is 0.217 e. The Morgan fingerprint density at radius 2 is 2.00 bits per heavy atom. The molecule has 0 spiro atoms. The SMILES string of the molecule is CCC(O)(CC)c1nc(C)oc1N. The standard InChI is InChI=1S/C9H16N2O2/c1-4-9(12,5-2)7-8(10)13-6(3)11-7/h12H,4-5,10H2,1-3H3. The molecule has 74 valence electrons. The summed E-state index contributed by atoms with van der Waals surface area (Å²) in [7, 11) is 0. The van der Waals surface area contributed by atoms with Crippen molar-refractivity contribution >= 4 is 5.88 Å². The average molecular weight is 184 g/mol. The number of anilines is 1. The lowest BCUT2D eigenvalue weighted by Gasteiger charge is -2.22. The number of hydrogen-bond acceptors (Lipinski definition) is 4. The Morgan fingerprint density at radius 3 is 2.31 bits per heavy atom. The summed E-state index contributed by atoms with van der Waals surface area (Å²) in [6.45, 7) is 5.51. The first-order chi connectivity index (χ1) is 6.03. The summed E-state index contributed by atoms with van der Waals surface area (Å²) in [4.78, 5) is 4.08.